The van der Waals surface area contributed by atoms with Crippen molar-refractivity contribution in [3.63, 3.8) is 0 Å². The quantitative estimate of drug-likeness (QED) is 0.281. The number of amides is 3. The van der Waals surface area contributed by atoms with Crippen LogP contribution in [-0.4, -0.2) is 47.3 Å². The Morgan fingerprint density at radius 3 is 2.58 bits per heavy atom. The summed E-state index contributed by atoms with van der Waals surface area (Å²) in [6.45, 7) is 5.88. The van der Waals surface area contributed by atoms with Crippen LogP contribution in [0.25, 0.3) is 0 Å². The normalized spacial score (nSPS) is 27.5. The van der Waals surface area contributed by atoms with Crippen LogP contribution in [0.3, 0.4) is 0 Å². The van der Waals surface area contributed by atoms with Crippen LogP contribution < -0.4 is 4.90 Å². The molecule has 0 N–H and O–H groups in total. The molecule has 0 spiro atoms. The van der Waals surface area contributed by atoms with Crippen LogP contribution in [0, 0.1) is 17.8 Å². The zero-order valence-corrected chi connectivity index (χ0v) is 19.4. The second-order valence-corrected chi connectivity index (χ2v) is 10.5. The van der Waals surface area contributed by atoms with E-state index < -0.39 is 17.6 Å². The van der Waals surface area contributed by atoms with Crippen LogP contribution in [0.5, 0.6) is 0 Å². The minimum Gasteiger partial charge on any atom is -0.460 e. The van der Waals surface area contributed by atoms with E-state index in [0.717, 1.165) is 17.7 Å². The topological polar surface area (TPSA) is 66.9 Å². The summed E-state index contributed by atoms with van der Waals surface area (Å²) >= 11 is 1.55. The van der Waals surface area contributed by atoms with Gasteiger partial charge in [0.05, 0.1) is 12.1 Å². The van der Waals surface area contributed by atoms with Crippen molar-refractivity contribution in [2.75, 3.05) is 17.7 Å². The summed E-state index contributed by atoms with van der Waals surface area (Å²) in [6, 6.07) is 6.22. The first-order chi connectivity index (χ1) is 14.7. The molecule has 0 radical (unpaired) electrons. The lowest BCUT2D eigenvalue weighted by atomic mass is 9.92. The molecule has 1 heterocycles. The number of imide groups is 1. The lowest BCUT2D eigenvalue weighted by Crippen LogP contribution is -2.41. The van der Waals surface area contributed by atoms with Gasteiger partial charge in [-0.1, -0.05) is 18.2 Å². The second-order valence-electron chi connectivity index (χ2n) is 9.66. The number of nitrogens with zero attached hydrogens (tertiary/aromatic N) is 2. The molecule has 1 aromatic rings. The van der Waals surface area contributed by atoms with Gasteiger partial charge in [0.15, 0.2) is 0 Å². The first kappa shape index (κ1) is 21.9. The van der Waals surface area contributed by atoms with Crippen molar-refractivity contribution in [1.82, 2.24) is 4.90 Å². The summed E-state index contributed by atoms with van der Waals surface area (Å²) in [5.41, 5.74) is -0.0959. The van der Waals surface area contributed by atoms with Crippen molar-refractivity contribution in [3.05, 3.63) is 36.4 Å². The van der Waals surface area contributed by atoms with Crippen LogP contribution in [0.4, 0.5) is 10.5 Å². The van der Waals surface area contributed by atoms with Crippen molar-refractivity contribution in [2.24, 2.45) is 17.8 Å². The summed E-state index contributed by atoms with van der Waals surface area (Å²) in [5.74, 6) is 0.528. The molecule has 2 bridgehead atoms. The van der Waals surface area contributed by atoms with Gasteiger partial charge in [-0.2, -0.15) is 0 Å². The van der Waals surface area contributed by atoms with E-state index in [1.807, 2.05) is 24.5 Å². The Morgan fingerprint density at radius 1 is 1.19 bits per heavy atom. The van der Waals surface area contributed by atoms with Gasteiger partial charge < -0.3 is 9.64 Å². The number of benzene rings is 1. The number of carbonyl (C=O) groups is 3. The molecule has 31 heavy (non-hydrogen) atoms. The van der Waals surface area contributed by atoms with Gasteiger partial charge in [0, 0.05) is 11.4 Å². The Morgan fingerprint density at radius 2 is 1.97 bits per heavy atom. The fourth-order valence-corrected chi connectivity index (χ4v) is 5.38. The first-order valence-electron chi connectivity index (χ1n) is 10.8. The van der Waals surface area contributed by atoms with Gasteiger partial charge in [-0.15, -0.1) is 11.8 Å². The number of allylic oxidation sites excluding steroid dienone is 2. The van der Waals surface area contributed by atoms with E-state index in [1.165, 1.54) is 4.90 Å². The van der Waals surface area contributed by atoms with Gasteiger partial charge in [0.25, 0.3) is 5.91 Å². The van der Waals surface area contributed by atoms with E-state index in [2.05, 4.69) is 12.2 Å². The molecule has 4 atom stereocenters. The fraction of sp³-hybridized carbons (Fsp3) is 0.542. The predicted molar refractivity (Wildman–Crippen MR) is 121 cm³/mol. The maximum Gasteiger partial charge on any atom is 0.332 e. The molecule has 3 unspecified atom stereocenters. The van der Waals surface area contributed by atoms with Gasteiger partial charge in [-0.25, -0.2) is 9.69 Å². The van der Waals surface area contributed by atoms with E-state index in [9.17, 15) is 14.4 Å². The zero-order valence-electron chi connectivity index (χ0n) is 18.5. The number of thioether (sulfide) groups is 1. The number of carbonyl (C=O) groups excluding carboxylic acids is 3. The average molecular weight is 443 g/mol. The minimum absolute atomic E-state index is 0.128. The Balaban J connectivity index is 1.60. The lowest BCUT2D eigenvalue weighted by molar-refractivity contribution is -0.156. The lowest BCUT2D eigenvalue weighted by Gasteiger charge is -2.28. The zero-order chi connectivity index (χ0) is 22.3. The largest absolute Gasteiger partial charge is 0.460 e. The third-order valence-corrected chi connectivity index (χ3v) is 6.98. The van der Waals surface area contributed by atoms with E-state index >= 15 is 0 Å². The Kier molecular flexibility index (Phi) is 5.90. The van der Waals surface area contributed by atoms with Crippen molar-refractivity contribution in [2.45, 2.75) is 56.6 Å². The molecule has 2 fully saturated rings. The van der Waals surface area contributed by atoms with Gasteiger partial charge in [0.1, 0.15) is 11.6 Å². The Hall–Kier alpha value is -2.28. The van der Waals surface area contributed by atoms with Gasteiger partial charge in [-0.3, -0.25) is 9.59 Å². The van der Waals surface area contributed by atoms with E-state index in [1.54, 1.807) is 43.5 Å². The average Bonchev–Trinajstić information content (AvgIpc) is 3.37. The first-order valence-corrected chi connectivity index (χ1v) is 12.1. The third kappa shape index (κ3) is 4.52. The highest BCUT2D eigenvalue weighted by Gasteiger charge is 2.49. The number of urea groups is 1. The van der Waals surface area contributed by atoms with Crippen LogP contribution >= 0.6 is 11.8 Å². The maximum absolute atomic E-state index is 13.4. The molecule has 2 aliphatic carbocycles. The molecule has 4 rings (SSSR count). The van der Waals surface area contributed by atoms with Crippen molar-refractivity contribution in [1.29, 1.82) is 0 Å². The summed E-state index contributed by atoms with van der Waals surface area (Å²) < 4.78 is 5.47. The minimum atomic E-state index is -0.830. The van der Waals surface area contributed by atoms with Crippen molar-refractivity contribution < 1.29 is 19.1 Å². The highest BCUT2D eigenvalue weighted by molar-refractivity contribution is 7.98. The van der Waals surface area contributed by atoms with Gasteiger partial charge >= 0.3 is 12.0 Å². The molecule has 1 saturated heterocycles. The second kappa shape index (κ2) is 8.34. The predicted octanol–water partition coefficient (Wildman–Crippen LogP) is 4.49. The van der Waals surface area contributed by atoms with Crippen molar-refractivity contribution in [3.8, 4) is 0 Å². The van der Waals surface area contributed by atoms with Gasteiger partial charge in [-0.05, 0) is 75.8 Å². The number of ether oxygens (including phenoxy) is 1. The monoisotopic (exact) mass is 442 g/mol. The highest BCUT2D eigenvalue weighted by Crippen LogP contribution is 2.44. The molecule has 6 nitrogen and oxygen atoms in total. The molecule has 1 aromatic carbocycles. The molecule has 166 valence electrons. The highest BCUT2D eigenvalue weighted by atomic mass is 32.2. The van der Waals surface area contributed by atoms with E-state index in [-0.39, 0.29) is 18.4 Å². The summed E-state index contributed by atoms with van der Waals surface area (Å²) in [4.78, 5) is 43.2. The van der Waals surface area contributed by atoms with Crippen LogP contribution in [0.1, 0.15) is 40.0 Å². The summed E-state index contributed by atoms with van der Waals surface area (Å²) in [5, 5.41) is 0. The number of fused-ring (bicyclic) bond motifs is 2. The summed E-state index contributed by atoms with van der Waals surface area (Å²) in [6.07, 6.45) is 8.47. The molecular weight excluding hydrogens is 412 g/mol. The van der Waals surface area contributed by atoms with Crippen LogP contribution in [0.2, 0.25) is 0 Å². The molecular formula is C24H30N2O4S. The SMILES string of the molecule is CSc1cccc(N2C(=O)[C@H](CC(=O)OC(C)(C)C)N(CC3CC4C=CC3C4)C2=O)c1. The van der Waals surface area contributed by atoms with Gasteiger partial charge in [0.2, 0.25) is 0 Å². The van der Waals surface area contributed by atoms with Crippen LogP contribution in [0.15, 0.2) is 41.3 Å². The standard InChI is InChI=1S/C24H30N2O4S/c1-24(2,3)30-21(27)13-20-22(28)26(18-6-5-7-19(12-18)31-4)23(29)25(20)14-17-11-15-8-9-16(17)10-15/h5-9,12,15-17,20H,10-11,13-14H2,1-4H3/t15?,16?,17?,20-/m0/s1. The number of esters is 1. The number of hydrogen-bond acceptors (Lipinski definition) is 5. The van der Waals surface area contributed by atoms with E-state index in [0.29, 0.717) is 30.0 Å². The number of rotatable bonds is 6. The summed E-state index contributed by atoms with van der Waals surface area (Å²) in [7, 11) is 0. The fourth-order valence-electron chi connectivity index (χ4n) is 4.93. The van der Waals surface area contributed by atoms with Crippen molar-refractivity contribution >= 4 is 35.4 Å². The molecule has 3 amide bonds. The molecule has 3 aliphatic rings. The maximum atomic E-state index is 13.4. The van der Waals surface area contributed by atoms with Crippen LogP contribution in [-0.2, 0) is 14.3 Å². The molecule has 7 heteroatoms. The Bertz CT molecular complexity index is 922. The smallest absolute Gasteiger partial charge is 0.332 e. The molecule has 1 saturated carbocycles. The Labute approximate surface area is 188 Å². The number of anilines is 1. The number of hydrogen-bond donors (Lipinski definition) is 0. The molecule has 0 aromatic heterocycles. The van der Waals surface area contributed by atoms with E-state index in [4.69, 9.17) is 4.74 Å². The molecule has 1 aliphatic heterocycles. The third-order valence-electron chi connectivity index (χ3n) is 6.26.